The number of hydrogen-bond donors (Lipinski definition) is 0. The minimum absolute atomic E-state index is 0. The average molecular weight is 366 g/mol. The predicted molar refractivity (Wildman–Crippen MR) is 75.1 cm³/mol. The van der Waals surface area contributed by atoms with Crippen molar-refractivity contribution in [1.82, 2.24) is 29.9 Å². The Morgan fingerprint density at radius 2 is 2.17 bits per heavy atom. The molecule has 1 unspecified atom stereocenters. The molecule has 11 nitrogen and oxygen atoms in total. The van der Waals surface area contributed by atoms with Crippen molar-refractivity contribution >= 4 is 22.1 Å². The van der Waals surface area contributed by atoms with Crippen molar-refractivity contribution in [3.8, 4) is 0 Å². The van der Waals surface area contributed by atoms with Gasteiger partial charge in [-0.1, -0.05) is 5.21 Å². The molecule has 0 radical (unpaired) electrons. The minimum Gasteiger partial charge on any atom is -0.724 e. The van der Waals surface area contributed by atoms with E-state index in [-0.39, 0.29) is 42.6 Å². The van der Waals surface area contributed by atoms with E-state index in [4.69, 9.17) is 0 Å². The Labute approximate surface area is 161 Å². The first-order valence-corrected chi connectivity index (χ1v) is 8.07. The maximum absolute atomic E-state index is 12.0. The maximum atomic E-state index is 12.0. The molecule has 2 bridgehead atoms. The summed E-state index contributed by atoms with van der Waals surface area (Å²) in [5, 5.41) is 8.62. The van der Waals surface area contributed by atoms with Crippen LogP contribution in [0.15, 0.2) is 12.3 Å². The maximum Gasteiger partial charge on any atom is 1.00 e. The predicted octanol–water partition coefficient (Wildman–Crippen LogP) is -4.30. The Morgan fingerprint density at radius 3 is 2.79 bits per heavy atom. The van der Waals surface area contributed by atoms with Crippen molar-refractivity contribution in [1.29, 1.82) is 0 Å². The third-order valence-corrected chi connectivity index (χ3v) is 3.73. The van der Waals surface area contributed by atoms with E-state index in [0.29, 0.717) is 17.3 Å². The fourth-order valence-corrected chi connectivity index (χ4v) is 2.92. The number of urea groups is 1. The van der Waals surface area contributed by atoms with Gasteiger partial charge in [-0.05, 0) is 20.2 Å². The molecule has 126 valence electrons. The minimum atomic E-state index is -5.01. The van der Waals surface area contributed by atoms with Gasteiger partial charge >= 0.3 is 35.6 Å². The van der Waals surface area contributed by atoms with Gasteiger partial charge in [-0.25, -0.2) is 17.9 Å². The van der Waals surface area contributed by atoms with Crippen LogP contribution in [-0.4, -0.2) is 82.1 Å². The van der Waals surface area contributed by atoms with E-state index in [1.54, 1.807) is 12.3 Å². The number of fused-ring (bicyclic) bond motifs is 2. The largest absolute Gasteiger partial charge is 1.00 e. The van der Waals surface area contributed by atoms with Crippen LogP contribution >= 0.6 is 0 Å². The monoisotopic (exact) mass is 366 g/mol. The number of hydrogen-bond acceptors (Lipinski definition) is 8. The van der Waals surface area contributed by atoms with E-state index in [1.807, 2.05) is 19.0 Å². The number of rotatable bonds is 5. The molecule has 1 fully saturated rings. The first-order valence-electron chi connectivity index (χ1n) is 6.73. The van der Waals surface area contributed by atoms with Crippen molar-refractivity contribution in [2.24, 2.45) is 0 Å². The molecular formula is C11H15N6NaO5S. The van der Waals surface area contributed by atoms with E-state index >= 15 is 0 Å². The van der Waals surface area contributed by atoms with Crippen molar-refractivity contribution < 1.29 is 51.6 Å². The molecule has 13 heteroatoms. The Kier molecular flexibility index (Phi) is 5.69. The number of carbonyl (C=O) groups is 1. The Hall–Kier alpha value is -1.02. The molecule has 0 spiro atoms. The van der Waals surface area contributed by atoms with Crippen LogP contribution in [0.3, 0.4) is 0 Å². The van der Waals surface area contributed by atoms with Crippen LogP contribution in [0.2, 0.25) is 0 Å². The molecule has 1 atom stereocenters. The van der Waals surface area contributed by atoms with Gasteiger partial charge in [-0.3, -0.25) is 0 Å². The van der Waals surface area contributed by atoms with Gasteiger partial charge in [0, 0.05) is 13.1 Å². The zero-order valence-corrected chi connectivity index (χ0v) is 16.3. The first-order chi connectivity index (χ1) is 10.7. The standard InChI is InChI=1S/C11H16N6O5S.Na/c1-14(2)4-8-5-16(13-12-8)9-3-10-7-15(6-9)11(18)17(10)22-23(19,20)21;/h3,5,10H,4,6-7H2,1-2H3,(H,19,20,21);/q;+1/p-1. The number of hydroxylamine groups is 2. The number of nitrogens with zero attached hydrogens (tertiary/aromatic N) is 6. The van der Waals surface area contributed by atoms with Crippen LogP contribution in [0.1, 0.15) is 5.69 Å². The summed E-state index contributed by atoms with van der Waals surface area (Å²) in [5.41, 5.74) is 1.41. The van der Waals surface area contributed by atoms with E-state index < -0.39 is 22.5 Å². The molecule has 0 saturated carbocycles. The average Bonchev–Trinajstić information content (AvgIpc) is 2.97. The van der Waals surface area contributed by atoms with Crippen LogP contribution in [0.25, 0.3) is 5.70 Å². The van der Waals surface area contributed by atoms with Crippen molar-refractivity contribution in [2.75, 3.05) is 27.2 Å². The second kappa shape index (κ2) is 7.07. The first kappa shape index (κ1) is 19.3. The Balaban J connectivity index is 0.00000208. The fourth-order valence-electron chi connectivity index (χ4n) is 2.55. The number of amides is 2. The Bertz CT molecular complexity index is 763. The molecule has 2 aliphatic heterocycles. The van der Waals surface area contributed by atoms with Gasteiger partial charge in [0.2, 0.25) is 10.4 Å². The molecule has 3 rings (SSSR count). The van der Waals surface area contributed by atoms with Crippen LogP contribution in [0, 0.1) is 0 Å². The van der Waals surface area contributed by atoms with Gasteiger partial charge in [-0.2, -0.15) is 9.35 Å². The van der Waals surface area contributed by atoms with Gasteiger partial charge in [0.15, 0.2) is 0 Å². The number of carbonyl (C=O) groups excluding carboxylic acids is 1. The van der Waals surface area contributed by atoms with E-state index in [1.165, 1.54) is 9.58 Å². The smallest absolute Gasteiger partial charge is 0.724 e. The molecule has 2 aliphatic rings. The summed E-state index contributed by atoms with van der Waals surface area (Å²) < 4.78 is 38.0. The molecule has 1 saturated heterocycles. The van der Waals surface area contributed by atoms with Gasteiger partial charge in [-0.15, -0.1) is 5.10 Å². The zero-order chi connectivity index (χ0) is 16.8. The second-order valence-electron chi connectivity index (χ2n) is 5.59. The molecule has 1 aromatic heterocycles. The summed E-state index contributed by atoms with van der Waals surface area (Å²) in [6, 6.07) is -1.34. The second-order valence-corrected chi connectivity index (χ2v) is 6.55. The molecular weight excluding hydrogens is 351 g/mol. The van der Waals surface area contributed by atoms with Gasteiger partial charge in [0.25, 0.3) is 0 Å². The van der Waals surface area contributed by atoms with E-state index in [0.717, 1.165) is 5.69 Å². The third-order valence-electron chi connectivity index (χ3n) is 3.39. The van der Waals surface area contributed by atoms with Crippen LogP contribution in [0.4, 0.5) is 4.79 Å². The molecule has 0 N–H and O–H groups in total. The molecule has 0 aliphatic carbocycles. The molecule has 3 heterocycles. The van der Waals surface area contributed by atoms with E-state index in [9.17, 15) is 17.8 Å². The van der Waals surface area contributed by atoms with Crippen LogP contribution < -0.4 is 29.6 Å². The zero-order valence-electron chi connectivity index (χ0n) is 13.5. The van der Waals surface area contributed by atoms with E-state index in [2.05, 4.69) is 14.6 Å². The SMILES string of the molecule is CN(C)Cc1cn(C2=CC3CN(C2)C(=O)N3OS(=O)(=O)[O-])nn1.[Na+]. The van der Waals surface area contributed by atoms with Crippen LogP contribution in [-0.2, 0) is 21.2 Å². The quantitative estimate of drug-likeness (QED) is 0.291. The van der Waals surface area contributed by atoms with Gasteiger partial charge in [0.05, 0.1) is 24.1 Å². The van der Waals surface area contributed by atoms with Crippen molar-refractivity contribution in [2.45, 2.75) is 12.6 Å². The van der Waals surface area contributed by atoms with Crippen molar-refractivity contribution in [3.05, 3.63) is 18.0 Å². The summed E-state index contributed by atoms with van der Waals surface area (Å²) in [6.07, 6.45) is 3.37. The molecule has 24 heavy (non-hydrogen) atoms. The number of aromatic nitrogens is 3. The summed E-state index contributed by atoms with van der Waals surface area (Å²) in [7, 11) is -1.20. The van der Waals surface area contributed by atoms with Crippen LogP contribution in [0.5, 0.6) is 0 Å². The normalized spacial score (nSPS) is 20.4. The summed E-state index contributed by atoms with van der Waals surface area (Å²) in [6.45, 7) is 1.08. The third kappa shape index (κ3) is 4.14. The van der Waals surface area contributed by atoms with Crippen molar-refractivity contribution in [3.63, 3.8) is 0 Å². The summed E-state index contributed by atoms with van der Waals surface area (Å²) in [4.78, 5) is 15.3. The topological polar surface area (TPSA) is 124 Å². The molecule has 1 aromatic rings. The summed E-state index contributed by atoms with van der Waals surface area (Å²) in [5.74, 6) is 0. The summed E-state index contributed by atoms with van der Waals surface area (Å²) >= 11 is 0. The molecule has 0 aromatic carbocycles. The molecule has 2 amide bonds. The Morgan fingerprint density at radius 1 is 1.46 bits per heavy atom. The van der Waals surface area contributed by atoms with Gasteiger partial charge in [0.1, 0.15) is 6.04 Å². The van der Waals surface area contributed by atoms with Gasteiger partial charge < -0.3 is 14.4 Å². The fraction of sp³-hybridized carbons (Fsp3) is 0.545.